The molecule has 16 heavy (non-hydrogen) atoms. The Morgan fingerprint density at radius 2 is 1.94 bits per heavy atom. The molecule has 0 fully saturated rings. The summed E-state index contributed by atoms with van der Waals surface area (Å²) in [6.07, 6.45) is 0.956. The molecular formula is C13H20O2S. The minimum Gasteiger partial charge on any atom is -0.496 e. The molecule has 1 unspecified atom stereocenters. The van der Waals surface area contributed by atoms with Gasteiger partial charge in [-0.25, -0.2) is 0 Å². The maximum Gasteiger partial charge on any atom is 0.132 e. The van der Waals surface area contributed by atoms with Crippen LogP contribution in [0.2, 0.25) is 0 Å². The van der Waals surface area contributed by atoms with Crippen molar-refractivity contribution in [3.8, 4) is 5.75 Å². The molecular weight excluding hydrogens is 220 g/mol. The van der Waals surface area contributed by atoms with E-state index in [9.17, 15) is 5.11 Å². The van der Waals surface area contributed by atoms with Gasteiger partial charge in [0, 0.05) is 10.1 Å². The summed E-state index contributed by atoms with van der Waals surface area (Å²) in [5.74, 6) is 0.903. The van der Waals surface area contributed by atoms with Crippen LogP contribution in [-0.4, -0.2) is 24.1 Å². The first kappa shape index (κ1) is 13.4. The number of benzene rings is 1. The molecule has 1 atom stereocenters. The second-order valence-corrected chi connectivity index (χ2v) is 5.26. The minimum atomic E-state index is 0.206. The molecule has 0 aliphatic carbocycles. The van der Waals surface area contributed by atoms with Crippen LogP contribution in [0.5, 0.6) is 5.75 Å². The van der Waals surface area contributed by atoms with Crippen molar-refractivity contribution in [3.05, 3.63) is 23.3 Å². The molecule has 1 aromatic rings. The summed E-state index contributed by atoms with van der Waals surface area (Å²) < 4.78 is 5.37. The van der Waals surface area contributed by atoms with Crippen LogP contribution in [0.1, 0.15) is 24.5 Å². The van der Waals surface area contributed by atoms with E-state index >= 15 is 0 Å². The molecule has 1 N–H and O–H groups in total. The summed E-state index contributed by atoms with van der Waals surface area (Å²) in [7, 11) is 1.69. The Bertz CT molecular complexity index is 346. The number of methoxy groups -OCH3 is 1. The topological polar surface area (TPSA) is 29.5 Å². The van der Waals surface area contributed by atoms with Crippen molar-refractivity contribution in [1.29, 1.82) is 0 Å². The third-order valence-electron chi connectivity index (χ3n) is 2.73. The Kier molecular flexibility index (Phi) is 5.16. The van der Waals surface area contributed by atoms with Crippen molar-refractivity contribution in [2.45, 2.75) is 37.3 Å². The zero-order valence-corrected chi connectivity index (χ0v) is 11.2. The molecule has 0 spiro atoms. The van der Waals surface area contributed by atoms with Gasteiger partial charge in [-0.3, -0.25) is 0 Å². The maximum atomic E-state index is 9.21. The number of aliphatic hydroxyl groups is 1. The van der Waals surface area contributed by atoms with E-state index in [4.69, 9.17) is 4.74 Å². The van der Waals surface area contributed by atoms with Gasteiger partial charge < -0.3 is 9.84 Å². The Balaban J connectivity index is 2.97. The first-order valence-electron chi connectivity index (χ1n) is 5.55. The van der Waals surface area contributed by atoms with Crippen molar-refractivity contribution in [2.24, 2.45) is 0 Å². The molecule has 0 amide bonds. The van der Waals surface area contributed by atoms with E-state index in [1.54, 1.807) is 18.9 Å². The zero-order chi connectivity index (χ0) is 12.1. The predicted octanol–water partition coefficient (Wildman–Crippen LogP) is 3.18. The lowest BCUT2D eigenvalue weighted by Gasteiger charge is -2.15. The van der Waals surface area contributed by atoms with Crippen molar-refractivity contribution in [3.63, 3.8) is 0 Å². The van der Waals surface area contributed by atoms with Crippen LogP contribution >= 0.6 is 11.8 Å². The molecule has 0 saturated carbocycles. The van der Waals surface area contributed by atoms with Crippen molar-refractivity contribution >= 4 is 11.8 Å². The van der Waals surface area contributed by atoms with Crippen LogP contribution in [-0.2, 0) is 0 Å². The van der Waals surface area contributed by atoms with E-state index in [0.29, 0.717) is 0 Å². The number of thioether (sulfide) groups is 1. The third kappa shape index (κ3) is 3.16. The van der Waals surface area contributed by atoms with E-state index in [2.05, 4.69) is 32.9 Å². The lowest BCUT2D eigenvalue weighted by molar-refractivity contribution is 0.292. The van der Waals surface area contributed by atoms with Crippen LogP contribution in [0.25, 0.3) is 0 Å². The van der Waals surface area contributed by atoms with E-state index < -0.39 is 0 Å². The monoisotopic (exact) mass is 240 g/mol. The summed E-state index contributed by atoms with van der Waals surface area (Å²) in [4.78, 5) is 1.12. The highest BCUT2D eigenvalue weighted by atomic mass is 32.2. The molecule has 3 heteroatoms. The average Bonchev–Trinajstić information content (AvgIpc) is 2.29. The molecule has 0 radical (unpaired) electrons. The Morgan fingerprint density at radius 3 is 2.44 bits per heavy atom. The second kappa shape index (κ2) is 6.16. The fraction of sp³-hybridized carbons (Fsp3) is 0.538. The number of hydrogen-bond donors (Lipinski definition) is 1. The molecule has 0 bridgehead atoms. The standard InChI is InChI=1S/C13H20O2S/c1-5-11(8-14)16-13-7-10(3)9(2)6-12(13)15-4/h6-7,11,14H,5,8H2,1-4H3. The largest absolute Gasteiger partial charge is 0.496 e. The van der Waals surface area contributed by atoms with Gasteiger partial charge in [0.15, 0.2) is 0 Å². The SMILES string of the molecule is CCC(CO)Sc1cc(C)c(C)cc1OC. The van der Waals surface area contributed by atoms with Crippen molar-refractivity contribution < 1.29 is 9.84 Å². The fourth-order valence-electron chi connectivity index (χ4n) is 1.44. The molecule has 1 rings (SSSR count). The van der Waals surface area contributed by atoms with Gasteiger partial charge in [0.05, 0.1) is 13.7 Å². The van der Waals surface area contributed by atoms with Gasteiger partial charge in [-0.2, -0.15) is 0 Å². The Hall–Kier alpha value is -0.670. The van der Waals surface area contributed by atoms with Crippen LogP contribution in [0.15, 0.2) is 17.0 Å². The van der Waals surface area contributed by atoms with Gasteiger partial charge in [0.2, 0.25) is 0 Å². The van der Waals surface area contributed by atoms with Crippen LogP contribution in [0.3, 0.4) is 0 Å². The van der Waals surface area contributed by atoms with Crippen LogP contribution in [0.4, 0.5) is 0 Å². The summed E-state index contributed by atoms with van der Waals surface area (Å²) >= 11 is 1.69. The molecule has 0 aliphatic heterocycles. The highest BCUT2D eigenvalue weighted by Gasteiger charge is 2.12. The molecule has 2 nitrogen and oxygen atoms in total. The summed E-state index contributed by atoms with van der Waals surface area (Å²) in [6, 6.07) is 4.19. The van der Waals surface area contributed by atoms with Gasteiger partial charge >= 0.3 is 0 Å². The molecule has 1 aromatic carbocycles. The Morgan fingerprint density at radius 1 is 1.31 bits per heavy atom. The Labute approximate surface area is 102 Å². The van der Waals surface area contributed by atoms with E-state index in [1.807, 2.05) is 0 Å². The van der Waals surface area contributed by atoms with Gasteiger partial charge in [-0.15, -0.1) is 11.8 Å². The molecule has 0 aromatic heterocycles. The van der Waals surface area contributed by atoms with Crippen LogP contribution in [0, 0.1) is 13.8 Å². The number of ether oxygens (including phenoxy) is 1. The van der Waals surface area contributed by atoms with E-state index in [-0.39, 0.29) is 11.9 Å². The van der Waals surface area contributed by atoms with Crippen molar-refractivity contribution in [2.75, 3.05) is 13.7 Å². The number of hydrogen-bond acceptors (Lipinski definition) is 3. The third-order valence-corrected chi connectivity index (χ3v) is 4.12. The van der Waals surface area contributed by atoms with Gasteiger partial charge in [0.25, 0.3) is 0 Å². The second-order valence-electron chi connectivity index (χ2n) is 3.92. The normalized spacial score (nSPS) is 12.6. The first-order valence-corrected chi connectivity index (χ1v) is 6.43. The lowest BCUT2D eigenvalue weighted by atomic mass is 10.1. The minimum absolute atomic E-state index is 0.206. The summed E-state index contributed by atoms with van der Waals surface area (Å²) in [6.45, 7) is 6.47. The van der Waals surface area contributed by atoms with Crippen molar-refractivity contribution in [1.82, 2.24) is 0 Å². The van der Waals surface area contributed by atoms with Gasteiger partial charge in [-0.1, -0.05) is 6.92 Å². The van der Waals surface area contributed by atoms with E-state index in [0.717, 1.165) is 17.1 Å². The molecule has 0 heterocycles. The van der Waals surface area contributed by atoms with Gasteiger partial charge in [0.1, 0.15) is 5.75 Å². The first-order chi connectivity index (χ1) is 7.62. The van der Waals surface area contributed by atoms with Gasteiger partial charge in [-0.05, 0) is 43.5 Å². The van der Waals surface area contributed by atoms with Crippen LogP contribution < -0.4 is 4.74 Å². The molecule has 0 saturated heterocycles. The highest BCUT2D eigenvalue weighted by molar-refractivity contribution is 8.00. The smallest absolute Gasteiger partial charge is 0.132 e. The summed E-state index contributed by atoms with van der Waals surface area (Å²) in [5, 5.41) is 9.46. The average molecular weight is 240 g/mol. The summed E-state index contributed by atoms with van der Waals surface area (Å²) in [5.41, 5.74) is 2.49. The number of aryl methyl sites for hydroxylation is 2. The number of aliphatic hydroxyl groups excluding tert-OH is 1. The van der Waals surface area contributed by atoms with E-state index in [1.165, 1.54) is 11.1 Å². The fourth-order valence-corrected chi connectivity index (χ4v) is 2.55. The quantitative estimate of drug-likeness (QED) is 0.802. The zero-order valence-electron chi connectivity index (χ0n) is 10.4. The predicted molar refractivity (Wildman–Crippen MR) is 69.5 cm³/mol. The lowest BCUT2D eigenvalue weighted by Crippen LogP contribution is -2.06. The maximum absolute atomic E-state index is 9.21. The molecule has 90 valence electrons. The molecule has 0 aliphatic rings. The highest BCUT2D eigenvalue weighted by Crippen LogP contribution is 2.35. The number of rotatable bonds is 5.